The van der Waals surface area contributed by atoms with Crippen molar-refractivity contribution in [3.05, 3.63) is 12.2 Å². The second-order valence-corrected chi connectivity index (χ2v) is 5.57. The van der Waals surface area contributed by atoms with Crippen LogP contribution in [0.25, 0.3) is 0 Å². The van der Waals surface area contributed by atoms with Crippen LogP contribution in [-0.2, 0) is 9.53 Å². The molecule has 0 aromatic rings. The molecule has 0 spiro atoms. The van der Waals surface area contributed by atoms with Crippen molar-refractivity contribution in [1.82, 2.24) is 0 Å². The molecule has 0 saturated carbocycles. The molecule has 0 radical (unpaired) electrons. The Kier molecular flexibility index (Phi) is 4.37. The number of hydrogen-bond acceptors (Lipinski definition) is 2. The van der Waals surface area contributed by atoms with Crippen LogP contribution in [0.1, 0.15) is 46.5 Å². The highest BCUT2D eigenvalue weighted by atomic mass is 16.5. The second-order valence-electron chi connectivity index (χ2n) is 5.57. The molecule has 0 bridgehead atoms. The molecule has 0 aromatic heterocycles. The molecular formula is C13H22O2. The Morgan fingerprint density at radius 1 is 1.40 bits per heavy atom. The number of ether oxygens (including phenoxy) is 1. The number of allylic oxidation sites excluding steroid dienone is 2. The van der Waals surface area contributed by atoms with Crippen LogP contribution in [-0.4, -0.2) is 12.6 Å². The lowest BCUT2D eigenvalue weighted by Crippen LogP contribution is -2.19. The Bertz CT molecular complexity index is 235. The number of hydrogen-bond donors (Lipinski definition) is 0. The van der Waals surface area contributed by atoms with Gasteiger partial charge >= 0.3 is 5.97 Å². The maximum absolute atomic E-state index is 11.5. The van der Waals surface area contributed by atoms with E-state index in [-0.39, 0.29) is 11.4 Å². The third-order valence-corrected chi connectivity index (χ3v) is 2.53. The van der Waals surface area contributed by atoms with E-state index in [4.69, 9.17) is 4.74 Å². The van der Waals surface area contributed by atoms with Crippen molar-refractivity contribution < 1.29 is 9.53 Å². The third-order valence-electron chi connectivity index (χ3n) is 2.53. The average molecular weight is 210 g/mol. The summed E-state index contributed by atoms with van der Waals surface area (Å²) in [5.41, 5.74) is 0.0313. The quantitative estimate of drug-likeness (QED) is 0.527. The molecule has 1 unspecified atom stereocenters. The van der Waals surface area contributed by atoms with Gasteiger partial charge in [-0.15, -0.1) is 0 Å². The van der Waals surface area contributed by atoms with Gasteiger partial charge in [0.1, 0.15) is 0 Å². The van der Waals surface area contributed by atoms with Gasteiger partial charge in [-0.2, -0.15) is 0 Å². The fraction of sp³-hybridized carbons (Fsp3) is 0.769. The molecule has 2 heteroatoms. The summed E-state index contributed by atoms with van der Waals surface area (Å²) in [5.74, 6) is 0.482. The van der Waals surface area contributed by atoms with Crippen LogP contribution < -0.4 is 0 Å². The highest BCUT2D eigenvalue weighted by Crippen LogP contribution is 2.21. The van der Waals surface area contributed by atoms with E-state index in [0.717, 1.165) is 19.3 Å². The summed E-state index contributed by atoms with van der Waals surface area (Å²) in [6.45, 7) is 6.76. The van der Waals surface area contributed by atoms with Crippen LogP contribution in [0.3, 0.4) is 0 Å². The van der Waals surface area contributed by atoms with E-state index < -0.39 is 0 Å². The fourth-order valence-electron chi connectivity index (χ4n) is 1.70. The molecule has 1 aliphatic carbocycles. The average Bonchev–Trinajstić information content (AvgIpc) is 2.14. The summed E-state index contributed by atoms with van der Waals surface area (Å²) >= 11 is 0. The second kappa shape index (κ2) is 5.34. The fourth-order valence-corrected chi connectivity index (χ4v) is 1.70. The minimum absolute atomic E-state index is 0.0313. The number of esters is 1. The predicted octanol–water partition coefficient (Wildman–Crippen LogP) is 3.32. The van der Waals surface area contributed by atoms with Crippen LogP contribution in [0.4, 0.5) is 0 Å². The summed E-state index contributed by atoms with van der Waals surface area (Å²) in [6, 6.07) is 0. The standard InChI is InChI=1S/C13H22O2/c1-13(2,3)9-12(14)15-10-11-7-5-4-6-8-11/h4-5,11H,6-10H2,1-3H3. The number of rotatable bonds is 3. The van der Waals surface area contributed by atoms with Gasteiger partial charge in [-0.1, -0.05) is 32.9 Å². The molecule has 2 nitrogen and oxygen atoms in total. The van der Waals surface area contributed by atoms with Crippen LogP contribution >= 0.6 is 0 Å². The normalized spacial score (nSPS) is 21.4. The van der Waals surface area contributed by atoms with E-state index >= 15 is 0 Å². The highest BCUT2D eigenvalue weighted by Gasteiger charge is 2.18. The van der Waals surface area contributed by atoms with Crippen LogP contribution in [0, 0.1) is 11.3 Å². The smallest absolute Gasteiger partial charge is 0.306 e. The molecular weight excluding hydrogens is 188 g/mol. The zero-order valence-corrected chi connectivity index (χ0v) is 10.1. The predicted molar refractivity (Wildman–Crippen MR) is 61.5 cm³/mol. The van der Waals surface area contributed by atoms with Crippen LogP contribution in [0.15, 0.2) is 12.2 Å². The minimum Gasteiger partial charge on any atom is -0.465 e. The van der Waals surface area contributed by atoms with Crippen molar-refractivity contribution >= 4 is 5.97 Å². The van der Waals surface area contributed by atoms with Crippen molar-refractivity contribution in [2.45, 2.75) is 46.5 Å². The van der Waals surface area contributed by atoms with Gasteiger partial charge in [0.25, 0.3) is 0 Å². The Morgan fingerprint density at radius 3 is 2.67 bits per heavy atom. The summed E-state index contributed by atoms with van der Waals surface area (Å²) in [7, 11) is 0. The maximum Gasteiger partial charge on any atom is 0.306 e. The van der Waals surface area contributed by atoms with E-state index in [1.165, 1.54) is 0 Å². The van der Waals surface area contributed by atoms with Crippen LogP contribution in [0.5, 0.6) is 0 Å². The summed E-state index contributed by atoms with van der Waals surface area (Å²) in [4.78, 5) is 11.5. The third kappa shape index (κ3) is 5.60. The van der Waals surface area contributed by atoms with Crippen molar-refractivity contribution in [3.8, 4) is 0 Å². The first-order chi connectivity index (χ1) is 6.97. The Balaban J connectivity index is 2.19. The molecule has 0 saturated heterocycles. The van der Waals surface area contributed by atoms with E-state index in [1.54, 1.807) is 0 Å². The maximum atomic E-state index is 11.5. The highest BCUT2D eigenvalue weighted by molar-refractivity contribution is 5.70. The first-order valence-corrected chi connectivity index (χ1v) is 5.78. The van der Waals surface area contributed by atoms with Gasteiger partial charge in [-0.3, -0.25) is 4.79 Å². The number of carbonyl (C=O) groups is 1. The summed E-state index contributed by atoms with van der Waals surface area (Å²) in [5, 5.41) is 0. The topological polar surface area (TPSA) is 26.3 Å². The van der Waals surface area contributed by atoms with E-state index in [9.17, 15) is 4.79 Å². The molecule has 0 heterocycles. The molecule has 0 aromatic carbocycles. The monoisotopic (exact) mass is 210 g/mol. The molecule has 15 heavy (non-hydrogen) atoms. The molecule has 0 amide bonds. The lowest BCUT2D eigenvalue weighted by molar-refractivity contribution is -0.147. The number of carbonyl (C=O) groups excluding carboxylic acids is 1. The minimum atomic E-state index is -0.0583. The first-order valence-electron chi connectivity index (χ1n) is 5.78. The summed E-state index contributed by atoms with van der Waals surface area (Å²) < 4.78 is 5.28. The van der Waals surface area contributed by atoms with E-state index in [2.05, 4.69) is 32.9 Å². The van der Waals surface area contributed by atoms with Gasteiger partial charge in [-0.05, 0) is 30.6 Å². The van der Waals surface area contributed by atoms with Crippen molar-refractivity contribution in [2.75, 3.05) is 6.61 Å². The van der Waals surface area contributed by atoms with Crippen molar-refractivity contribution in [1.29, 1.82) is 0 Å². The van der Waals surface area contributed by atoms with Crippen molar-refractivity contribution in [2.24, 2.45) is 11.3 Å². The van der Waals surface area contributed by atoms with Gasteiger partial charge in [-0.25, -0.2) is 0 Å². The SMILES string of the molecule is CC(C)(C)CC(=O)OCC1CC=CCC1. The van der Waals surface area contributed by atoms with Gasteiger partial charge in [0.05, 0.1) is 13.0 Å². The molecule has 1 rings (SSSR count). The molecule has 0 N–H and O–H groups in total. The van der Waals surface area contributed by atoms with Gasteiger partial charge in [0.15, 0.2) is 0 Å². The Morgan fingerprint density at radius 2 is 2.13 bits per heavy atom. The van der Waals surface area contributed by atoms with E-state index in [1.807, 2.05) is 0 Å². The molecule has 1 aliphatic rings. The lowest BCUT2D eigenvalue weighted by atomic mass is 9.92. The molecule has 0 aliphatic heterocycles. The zero-order valence-electron chi connectivity index (χ0n) is 10.1. The van der Waals surface area contributed by atoms with Gasteiger partial charge < -0.3 is 4.74 Å². The van der Waals surface area contributed by atoms with E-state index in [0.29, 0.717) is 18.9 Å². The Labute approximate surface area is 92.7 Å². The molecule has 86 valence electrons. The first kappa shape index (κ1) is 12.3. The lowest BCUT2D eigenvalue weighted by Gasteiger charge is -2.20. The largest absolute Gasteiger partial charge is 0.465 e. The zero-order chi connectivity index (χ0) is 11.3. The summed E-state index contributed by atoms with van der Waals surface area (Å²) in [6.07, 6.45) is 8.23. The molecule has 1 atom stereocenters. The van der Waals surface area contributed by atoms with Crippen LogP contribution in [0.2, 0.25) is 0 Å². The van der Waals surface area contributed by atoms with Gasteiger partial charge in [0.2, 0.25) is 0 Å². The Hall–Kier alpha value is -0.790. The van der Waals surface area contributed by atoms with Crippen molar-refractivity contribution in [3.63, 3.8) is 0 Å². The van der Waals surface area contributed by atoms with Gasteiger partial charge in [0, 0.05) is 0 Å². The molecule has 0 fully saturated rings.